The highest BCUT2D eigenvalue weighted by Crippen LogP contribution is 2.38. The summed E-state index contributed by atoms with van der Waals surface area (Å²) in [5.41, 5.74) is 19.7. The summed E-state index contributed by atoms with van der Waals surface area (Å²) in [7, 11) is -8.68. The Kier molecular flexibility index (Phi) is 7.79. The van der Waals surface area contributed by atoms with Crippen molar-refractivity contribution in [2.24, 2.45) is 10.2 Å². The summed E-state index contributed by atoms with van der Waals surface area (Å²) in [4.78, 5) is 3.85. The number of anilines is 3. The Morgan fingerprint density at radius 2 is 1.30 bits per heavy atom. The third-order valence-electron chi connectivity index (χ3n) is 6.61. The van der Waals surface area contributed by atoms with Crippen LogP contribution < -0.4 is 17.2 Å². The summed E-state index contributed by atoms with van der Waals surface area (Å²) < 4.78 is 63.7. The Morgan fingerprint density at radius 1 is 0.636 bits per heavy atom. The van der Waals surface area contributed by atoms with Crippen molar-refractivity contribution in [3.05, 3.63) is 91.1 Å². The number of aromatic nitrogens is 1. The second-order valence-electron chi connectivity index (χ2n) is 9.46. The molecule has 0 bridgehead atoms. The fourth-order valence-electron chi connectivity index (χ4n) is 4.57. The largest absolute Gasteiger partial charge is 0.505 e. The monoisotopic (exact) mass is 632 g/mol. The zero-order chi connectivity index (χ0) is 31.8. The van der Waals surface area contributed by atoms with Crippen LogP contribution in [0.15, 0.2) is 111 Å². The van der Waals surface area contributed by atoms with Crippen LogP contribution in [0, 0.1) is 0 Å². The molecule has 15 heteroatoms. The van der Waals surface area contributed by atoms with E-state index in [1.165, 1.54) is 30.3 Å². The smallest absolute Gasteiger partial charge is 0.295 e. The van der Waals surface area contributed by atoms with E-state index in [1.54, 1.807) is 54.7 Å². The number of aromatic hydroxyl groups is 1. The summed E-state index contributed by atoms with van der Waals surface area (Å²) in [5, 5.41) is 20.3. The van der Waals surface area contributed by atoms with E-state index >= 15 is 0 Å². The topological polar surface area (TPSA) is 245 Å². The van der Waals surface area contributed by atoms with Crippen LogP contribution >= 0.6 is 0 Å². The minimum Gasteiger partial charge on any atom is -0.505 e. The zero-order valence-corrected chi connectivity index (χ0v) is 24.2. The zero-order valence-electron chi connectivity index (χ0n) is 22.5. The van der Waals surface area contributed by atoms with Crippen LogP contribution in [0.4, 0.5) is 28.4 Å². The van der Waals surface area contributed by atoms with Crippen LogP contribution in [0.3, 0.4) is 0 Å². The van der Waals surface area contributed by atoms with Crippen molar-refractivity contribution in [2.45, 2.75) is 9.79 Å². The van der Waals surface area contributed by atoms with Gasteiger partial charge >= 0.3 is 0 Å². The van der Waals surface area contributed by atoms with Gasteiger partial charge in [0.2, 0.25) is 0 Å². The minimum absolute atomic E-state index is 0.0803. The molecule has 9 N–H and O–H groups in total. The van der Waals surface area contributed by atoms with Gasteiger partial charge in [0.25, 0.3) is 20.2 Å². The molecule has 224 valence electrons. The quantitative estimate of drug-likeness (QED) is 0.0605. The number of nitrogen functional groups attached to an aromatic ring is 3. The SMILES string of the molecule is Nc1ccc(N=Nc2ccc3c(S(=O)(=O)O)cccc3c2)c2ncccc12.Nc1ccc2c(S(=O)(=O)O)ccc(N)c2c1O. The van der Waals surface area contributed by atoms with E-state index in [-0.39, 0.29) is 37.7 Å². The van der Waals surface area contributed by atoms with Crippen molar-refractivity contribution in [1.29, 1.82) is 0 Å². The third kappa shape index (κ3) is 5.93. The van der Waals surface area contributed by atoms with Crippen LogP contribution in [-0.2, 0) is 20.2 Å². The minimum atomic E-state index is -4.38. The van der Waals surface area contributed by atoms with Gasteiger partial charge in [-0.25, -0.2) is 0 Å². The average molecular weight is 633 g/mol. The number of hydrogen-bond donors (Lipinski definition) is 6. The molecule has 6 rings (SSSR count). The predicted molar refractivity (Wildman–Crippen MR) is 168 cm³/mol. The maximum absolute atomic E-state index is 11.5. The molecular formula is C29H24N6O7S2. The second-order valence-corrected chi connectivity index (χ2v) is 12.2. The number of hydrogen-bond acceptors (Lipinski definition) is 11. The fraction of sp³-hybridized carbons (Fsp3) is 0. The maximum Gasteiger partial charge on any atom is 0.295 e. The fourth-order valence-corrected chi connectivity index (χ4v) is 5.97. The number of benzene rings is 5. The maximum atomic E-state index is 11.5. The van der Waals surface area contributed by atoms with Gasteiger partial charge in [-0.05, 0) is 66.0 Å². The Morgan fingerprint density at radius 3 is 2.02 bits per heavy atom. The highest BCUT2D eigenvalue weighted by atomic mass is 32.2. The molecule has 0 fully saturated rings. The number of phenols is 1. The van der Waals surface area contributed by atoms with Crippen LogP contribution in [-0.4, -0.2) is 36.0 Å². The number of phenolic OH excluding ortho intramolecular Hbond substituents is 1. The molecule has 1 heterocycles. The van der Waals surface area contributed by atoms with E-state index in [9.17, 15) is 26.5 Å². The van der Waals surface area contributed by atoms with Gasteiger partial charge in [-0.15, -0.1) is 5.11 Å². The van der Waals surface area contributed by atoms with Gasteiger partial charge in [0.15, 0.2) is 0 Å². The number of azo groups is 1. The summed E-state index contributed by atoms with van der Waals surface area (Å²) >= 11 is 0. The lowest BCUT2D eigenvalue weighted by Gasteiger charge is -2.09. The average Bonchev–Trinajstić information content (AvgIpc) is 2.97. The van der Waals surface area contributed by atoms with Gasteiger partial charge in [-0.2, -0.15) is 21.9 Å². The van der Waals surface area contributed by atoms with E-state index in [1.807, 2.05) is 6.07 Å². The lowest BCUT2D eigenvalue weighted by molar-refractivity contribution is 0.481. The number of nitrogens with two attached hydrogens (primary N) is 3. The first kappa shape index (κ1) is 30.1. The van der Waals surface area contributed by atoms with Crippen molar-refractivity contribution >= 4 is 81.1 Å². The number of nitrogens with zero attached hydrogens (tertiary/aromatic N) is 3. The van der Waals surface area contributed by atoms with Gasteiger partial charge in [-0.3, -0.25) is 14.1 Å². The molecule has 0 spiro atoms. The van der Waals surface area contributed by atoms with Gasteiger partial charge in [0.1, 0.15) is 21.2 Å². The molecule has 0 radical (unpaired) electrons. The van der Waals surface area contributed by atoms with Crippen molar-refractivity contribution in [1.82, 2.24) is 4.98 Å². The molecule has 0 saturated carbocycles. The molecule has 1 aromatic heterocycles. The molecule has 5 aromatic carbocycles. The van der Waals surface area contributed by atoms with E-state index < -0.39 is 20.2 Å². The van der Waals surface area contributed by atoms with Crippen LogP contribution in [0.25, 0.3) is 32.4 Å². The van der Waals surface area contributed by atoms with E-state index in [4.69, 9.17) is 21.8 Å². The third-order valence-corrected chi connectivity index (χ3v) is 8.44. The first-order valence-corrected chi connectivity index (χ1v) is 15.5. The number of rotatable bonds is 4. The summed E-state index contributed by atoms with van der Waals surface area (Å²) in [6, 6.07) is 21.9. The first-order valence-electron chi connectivity index (χ1n) is 12.6. The molecule has 0 atom stereocenters. The summed E-state index contributed by atoms with van der Waals surface area (Å²) in [5.74, 6) is -0.300. The predicted octanol–water partition coefficient (Wildman–Crippen LogP) is 5.59. The van der Waals surface area contributed by atoms with Gasteiger partial charge < -0.3 is 22.3 Å². The molecule has 6 aromatic rings. The summed E-state index contributed by atoms with van der Waals surface area (Å²) in [6.07, 6.45) is 1.66. The number of pyridine rings is 1. The van der Waals surface area contributed by atoms with Gasteiger partial charge in [-0.1, -0.05) is 24.3 Å². The van der Waals surface area contributed by atoms with E-state index in [0.717, 1.165) is 5.39 Å². The molecule has 0 unspecified atom stereocenters. The van der Waals surface area contributed by atoms with Crippen molar-refractivity contribution < 1.29 is 31.0 Å². The van der Waals surface area contributed by atoms with Crippen LogP contribution in [0.2, 0.25) is 0 Å². The van der Waals surface area contributed by atoms with Crippen LogP contribution in [0.5, 0.6) is 5.75 Å². The number of fused-ring (bicyclic) bond motifs is 3. The van der Waals surface area contributed by atoms with Crippen molar-refractivity contribution in [3.8, 4) is 5.75 Å². The lowest BCUT2D eigenvalue weighted by Crippen LogP contribution is -2.01. The van der Waals surface area contributed by atoms with E-state index in [2.05, 4.69) is 15.2 Å². The Hall–Kier alpha value is -5.35. The second kappa shape index (κ2) is 11.4. The first-order chi connectivity index (χ1) is 20.8. The molecular weight excluding hydrogens is 608 g/mol. The molecule has 44 heavy (non-hydrogen) atoms. The Balaban J connectivity index is 0.000000195. The Bertz CT molecular complexity index is 2350. The molecule has 0 aliphatic rings. The van der Waals surface area contributed by atoms with Crippen molar-refractivity contribution in [3.63, 3.8) is 0 Å². The molecule has 0 aliphatic heterocycles. The van der Waals surface area contributed by atoms with Gasteiger partial charge in [0, 0.05) is 33.7 Å². The normalized spacial score (nSPS) is 12.0. The van der Waals surface area contributed by atoms with Gasteiger partial charge in [0.05, 0.1) is 22.3 Å². The van der Waals surface area contributed by atoms with Crippen molar-refractivity contribution in [2.75, 3.05) is 17.2 Å². The van der Waals surface area contributed by atoms with Crippen LogP contribution in [0.1, 0.15) is 0 Å². The highest BCUT2D eigenvalue weighted by molar-refractivity contribution is 7.86. The summed E-state index contributed by atoms with van der Waals surface area (Å²) in [6.45, 7) is 0. The van der Waals surface area contributed by atoms with E-state index in [0.29, 0.717) is 33.4 Å². The molecule has 0 saturated heterocycles. The Labute approximate surface area is 250 Å². The lowest BCUT2D eigenvalue weighted by atomic mass is 10.1. The molecule has 13 nitrogen and oxygen atoms in total. The molecule has 0 amide bonds. The highest BCUT2D eigenvalue weighted by Gasteiger charge is 2.18. The standard InChI is InChI=1S/C19H14N4O3S.C10H10N2O4S/c20-16-8-9-17(19-15(16)4-2-10-21-19)23-22-13-6-7-14-12(11-13)3-1-5-18(14)27(24,25)26;11-6-3-4-8(17(14,15)16)5-1-2-7(12)10(13)9(5)6/h1-11H,20H2,(H,24,25,26);1-4,13H,11-12H2,(H,14,15,16). The molecule has 0 aliphatic carbocycles.